The number of nitrogens with one attached hydrogen (secondary N) is 6. The molecule has 6 N–H and O–H groups in total. The summed E-state index contributed by atoms with van der Waals surface area (Å²) in [5.74, 6) is -8.44. The number of esters is 3. The Hall–Kier alpha value is -5.19. The van der Waals surface area contributed by atoms with Gasteiger partial charge in [0, 0.05) is 57.8 Å². The number of ether oxygens (including phenoxy) is 3. The molecule has 18 nitrogen and oxygen atoms in total. The number of amides is 6. The Morgan fingerprint density at radius 3 is 1.02 bits per heavy atom. The molecule has 0 spiro atoms. The van der Waals surface area contributed by atoms with Crippen LogP contribution in [0.25, 0.3) is 0 Å². The lowest BCUT2D eigenvalue weighted by atomic mass is 9.90. The molecule has 0 heterocycles. The first kappa shape index (κ1) is 91.8. The first-order chi connectivity index (χ1) is 46.4. The maximum atomic E-state index is 13.7. The number of carbonyl (C=O) groups excluding carboxylic acids is 9. The van der Waals surface area contributed by atoms with Crippen molar-refractivity contribution in [3.63, 3.8) is 0 Å². The van der Waals surface area contributed by atoms with Crippen LogP contribution in [-0.2, 0) is 57.4 Å². The van der Waals surface area contributed by atoms with Gasteiger partial charge in [-0.2, -0.15) is 26.3 Å². The van der Waals surface area contributed by atoms with Crippen LogP contribution in [-0.4, -0.2) is 124 Å². The van der Waals surface area contributed by atoms with Crippen molar-refractivity contribution < 1.29 is 83.7 Å². The molecule has 3 unspecified atom stereocenters. The third-order valence-electron chi connectivity index (χ3n) is 17.5. The zero-order chi connectivity index (χ0) is 72.3. The maximum absolute atomic E-state index is 13.7. The van der Waals surface area contributed by atoms with Crippen LogP contribution in [0.1, 0.15) is 330 Å². The number of hydrogen-bond donors (Lipinski definition) is 6. The van der Waals surface area contributed by atoms with Gasteiger partial charge in [-0.25, -0.2) is 0 Å². The zero-order valence-electron chi connectivity index (χ0n) is 60.4. The first-order valence-electron chi connectivity index (χ1n) is 37.8. The first-order valence-corrected chi connectivity index (χ1v) is 37.8. The number of carbonyl (C=O) groups is 9. The summed E-state index contributed by atoms with van der Waals surface area (Å²) in [4.78, 5) is 117. The molecule has 0 saturated carbocycles. The van der Waals surface area contributed by atoms with E-state index in [-0.39, 0.29) is 109 Å². The van der Waals surface area contributed by atoms with Crippen LogP contribution in [0.3, 0.4) is 0 Å². The van der Waals surface area contributed by atoms with Crippen molar-refractivity contribution in [2.24, 2.45) is 11.3 Å². The predicted molar refractivity (Wildman–Crippen MR) is 368 cm³/mol. The molecule has 6 amide bonds. The molecule has 0 aliphatic rings. The molecule has 0 aliphatic carbocycles. The standard InChI is InChI=1S/C73H130F6N6O12/c1-6-10-14-17-20-23-26-31-37-49-63(87)95-56-71(57-96-64(88)50-38-32-27-24-21-18-15-11-7-2,58-97-65(89)51-39-33-28-25-22-19-16-12-8-3)55-83-62(86)48-36-30-29-34-42-52-81-67(91)60(46-40-43-53-80-66(90)59(5)45-35-13-9-4)84-68(92)61(85-70(94)73(77,78)79)47-41-44-54-82-69(93)72(74,75)76/h59-61H,6-58H2,1-5H3,(H,80,90)(H,81,91)(H,82,93)(H,83,86)(H,84,92)(H,85,94). The molecule has 0 aromatic carbocycles. The van der Waals surface area contributed by atoms with Gasteiger partial charge in [0.1, 0.15) is 31.9 Å². The van der Waals surface area contributed by atoms with Crippen LogP contribution in [0.4, 0.5) is 26.3 Å². The van der Waals surface area contributed by atoms with E-state index in [0.717, 1.165) is 96.3 Å². The molecule has 0 radical (unpaired) electrons. The third-order valence-corrected chi connectivity index (χ3v) is 17.5. The van der Waals surface area contributed by atoms with Crippen molar-refractivity contribution in [1.29, 1.82) is 0 Å². The van der Waals surface area contributed by atoms with Crippen molar-refractivity contribution in [2.45, 2.75) is 354 Å². The van der Waals surface area contributed by atoms with Crippen LogP contribution in [0, 0.1) is 11.3 Å². The lowest BCUT2D eigenvalue weighted by Gasteiger charge is -2.32. The van der Waals surface area contributed by atoms with E-state index < -0.39 is 84.4 Å². The second kappa shape index (κ2) is 59.7. The number of unbranched alkanes of at least 4 members (excludes halogenated alkanes) is 32. The second-order valence-corrected chi connectivity index (χ2v) is 26.8. The quantitative estimate of drug-likeness (QED) is 0.0144. The van der Waals surface area contributed by atoms with E-state index in [1.807, 2.05) is 6.92 Å². The summed E-state index contributed by atoms with van der Waals surface area (Å²) in [6, 6.07) is -3.15. The van der Waals surface area contributed by atoms with E-state index in [1.54, 1.807) is 10.6 Å². The highest BCUT2D eigenvalue weighted by atomic mass is 19.4. The van der Waals surface area contributed by atoms with Crippen LogP contribution in [0.2, 0.25) is 0 Å². The fourth-order valence-electron chi connectivity index (χ4n) is 11.1. The molecule has 566 valence electrons. The molecule has 0 bridgehead atoms. The minimum absolute atomic E-state index is 0.00819. The fraction of sp³-hybridized carbons (Fsp3) is 0.877. The van der Waals surface area contributed by atoms with Crippen LogP contribution >= 0.6 is 0 Å². The van der Waals surface area contributed by atoms with Crippen molar-refractivity contribution in [1.82, 2.24) is 31.9 Å². The lowest BCUT2D eigenvalue weighted by molar-refractivity contribution is -0.174. The Labute approximate surface area is 578 Å². The Bertz CT molecular complexity index is 2010. The van der Waals surface area contributed by atoms with Gasteiger partial charge < -0.3 is 46.1 Å². The zero-order valence-corrected chi connectivity index (χ0v) is 60.4. The molecular weight excluding hydrogens is 1270 g/mol. The van der Waals surface area contributed by atoms with E-state index in [0.29, 0.717) is 64.2 Å². The third kappa shape index (κ3) is 53.4. The normalized spacial score (nSPS) is 12.6. The highest BCUT2D eigenvalue weighted by Gasteiger charge is 2.42. The van der Waals surface area contributed by atoms with E-state index in [1.165, 1.54) is 77.0 Å². The van der Waals surface area contributed by atoms with Gasteiger partial charge in [0.05, 0.1) is 5.41 Å². The van der Waals surface area contributed by atoms with E-state index in [4.69, 9.17) is 14.2 Å². The Morgan fingerprint density at radius 1 is 0.320 bits per heavy atom. The number of hydrogen-bond acceptors (Lipinski definition) is 12. The van der Waals surface area contributed by atoms with Crippen molar-refractivity contribution in [3.8, 4) is 0 Å². The summed E-state index contributed by atoms with van der Waals surface area (Å²) >= 11 is 0. The van der Waals surface area contributed by atoms with E-state index in [2.05, 4.69) is 49.0 Å². The second-order valence-electron chi connectivity index (χ2n) is 26.8. The molecule has 0 aromatic rings. The van der Waals surface area contributed by atoms with Crippen molar-refractivity contribution in [3.05, 3.63) is 0 Å². The van der Waals surface area contributed by atoms with Gasteiger partial charge in [-0.15, -0.1) is 0 Å². The smallest absolute Gasteiger partial charge is 0.465 e. The van der Waals surface area contributed by atoms with Gasteiger partial charge in [-0.05, 0) is 77.0 Å². The summed E-state index contributed by atoms with van der Waals surface area (Å²) < 4.78 is 95.9. The van der Waals surface area contributed by atoms with Gasteiger partial charge in [0.25, 0.3) is 0 Å². The van der Waals surface area contributed by atoms with E-state index >= 15 is 0 Å². The van der Waals surface area contributed by atoms with Crippen LogP contribution in [0.15, 0.2) is 0 Å². The Balaban J connectivity index is 6.06. The maximum Gasteiger partial charge on any atom is 0.471 e. The summed E-state index contributed by atoms with van der Waals surface area (Å²) in [7, 11) is 0. The summed E-state index contributed by atoms with van der Waals surface area (Å²) in [6.07, 6.45) is 25.3. The molecule has 97 heavy (non-hydrogen) atoms. The predicted octanol–water partition coefficient (Wildman–Crippen LogP) is 15.8. The molecule has 3 atom stereocenters. The molecule has 0 saturated heterocycles. The topological polar surface area (TPSA) is 253 Å². The van der Waals surface area contributed by atoms with Gasteiger partial charge in [-0.3, -0.25) is 43.2 Å². The van der Waals surface area contributed by atoms with Crippen LogP contribution < -0.4 is 31.9 Å². The SMILES string of the molecule is CCCCCCCCCCCC(=O)OCC(CNC(=O)CCCCCCCNC(=O)C(CCCCNC(=O)C(C)CCCCC)NC(=O)C(CCCCNC(=O)C(F)(F)F)NC(=O)C(F)(F)F)(COC(=O)CCCCCCCCCCC)COC(=O)CCCCCCCCCCC. The van der Waals surface area contributed by atoms with Crippen LogP contribution in [0.5, 0.6) is 0 Å². The Kier molecular flexibility index (Phi) is 56.5. The molecule has 0 rings (SSSR count). The number of alkyl halides is 6. The molecule has 0 fully saturated rings. The highest BCUT2D eigenvalue weighted by molar-refractivity contribution is 5.93. The molecule has 0 aliphatic heterocycles. The summed E-state index contributed by atoms with van der Waals surface area (Å²) in [6.45, 7) is 9.43. The monoisotopic (exact) mass is 1400 g/mol. The van der Waals surface area contributed by atoms with E-state index in [9.17, 15) is 69.5 Å². The van der Waals surface area contributed by atoms with Gasteiger partial charge >= 0.3 is 42.1 Å². The van der Waals surface area contributed by atoms with Gasteiger partial charge in [0.2, 0.25) is 23.6 Å². The van der Waals surface area contributed by atoms with Gasteiger partial charge in [-0.1, -0.05) is 227 Å². The average Bonchev–Trinajstić information content (AvgIpc) is 0.996. The lowest BCUT2D eigenvalue weighted by Crippen LogP contribution is -2.55. The summed E-state index contributed by atoms with van der Waals surface area (Å²) in [5, 5.41) is 14.3. The average molecular weight is 1400 g/mol. The van der Waals surface area contributed by atoms with Gasteiger partial charge in [0.15, 0.2) is 0 Å². The summed E-state index contributed by atoms with van der Waals surface area (Å²) in [5.41, 5.74) is -1.28. The molecular formula is C73H130F6N6O12. The minimum Gasteiger partial charge on any atom is -0.465 e. The molecule has 24 heteroatoms. The highest BCUT2D eigenvalue weighted by Crippen LogP contribution is 2.24. The minimum atomic E-state index is -5.40. The van der Waals surface area contributed by atoms with Crippen molar-refractivity contribution in [2.75, 3.05) is 46.0 Å². The van der Waals surface area contributed by atoms with Crippen molar-refractivity contribution >= 4 is 53.4 Å². The number of halogens is 6. The largest absolute Gasteiger partial charge is 0.471 e. The molecule has 0 aromatic heterocycles. The Morgan fingerprint density at radius 2 is 0.629 bits per heavy atom. The fourth-order valence-corrected chi connectivity index (χ4v) is 11.1. The number of rotatable bonds is 65.